The van der Waals surface area contributed by atoms with Gasteiger partial charge >= 0.3 is 0 Å². The monoisotopic (exact) mass is 328 g/mol. The van der Waals surface area contributed by atoms with E-state index in [0.717, 1.165) is 23.7 Å². The first-order valence-electron chi connectivity index (χ1n) is 10.5. The highest BCUT2D eigenvalue weighted by atomic mass is 16.3. The van der Waals surface area contributed by atoms with Crippen LogP contribution in [0.25, 0.3) is 0 Å². The second-order valence-electron chi connectivity index (χ2n) is 8.48. The SMILES string of the molecule is CCCCC[C@H]1CC[C@H]([C@H]2CC[C@H](c3ccc(O)cc3)CC2)CC1. The Morgan fingerprint density at radius 2 is 1.38 bits per heavy atom. The molecule has 0 heterocycles. The number of benzene rings is 1. The molecule has 2 saturated carbocycles. The smallest absolute Gasteiger partial charge is 0.115 e. The highest BCUT2D eigenvalue weighted by Gasteiger charge is 2.31. The van der Waals surface area contributed by atoms with E-state index in [4.69, 9.17) is 0 Å². The van der Waals surface area contributed by atoms with Gasteiger partial charge in [-0.05, 0) is 79.9 Å². The highest BCUT2D eigenvalue weighted by molar-refractivity contribution is 5.28. The molecule has 0 bridgehead atoms. The highest BCUT2D eigenvalue weighted by Crippen LogP contribution is 2.44. The summed E-state index contributed by atoms with van der Waals surface area (Å²) >= 11 is 0. The Kier molecular flexibility index (Phi) is 6.63. The summed E-state index contributed by atoms with van der Waals surface area (Å²) in [5.41, 5.74) is 1.44. The Labute approximate surface area is 148 Å². The van der Waals surface area contributed by atoms with Gasteiger partial charge in [-0.1, -0.05) is 57.6 Å². The van der Waals surface area contributed by atoms with Crippen LogP contribution in [-0.2, 0) is 0 Å². The Balaban J connectivity index is 1.40. The van der Waals surface area contributed by atoms with E-state index in [-0.39, 0.29) is 0 Å². The van der Waals surface area contributed by atoms with Crippen molar-refractivity contribution in [2.24, 2.45) is 17.8 Å². The summed E-state index contributed by atoms with van der Waals surface area (Å²) in [6.07, 6.45) is 17.3. The van der Waals surface area contributed by atoms with Crippen LogP contribution in [0, 0.1) is 17.8 Å². The lowest BCUT2D eigenvalue weighted by Gasteiger charge is -2.38. The number of hydrogen-bond acceptors (Lipinski definition) is 1. The minimum absolute atomic E-state index is 0.392. The Morgan fingerprint density at radius 1 is 0.792 bits per heavy atom. The van der Waals surface area contributed by atoms with Crippen LogP contribution in [0.5, 0.6) is 5.75 Å². The minimum Gasteiger partial charge on any atom is -0.508 e. The van der Waals surface area contributed by atoms with Crippen molar-refractivity contribution in [1.82, 2.24) is 0 Å². The van der Waals surface area contributed by atoms with Gasteiger partial charge in [0.05, 0.1) is 0 Å². The van der Waals surface area contributed by atoms with Gasteiger partial charge in [0, 0.05) is 0 Å². The molecule has 0 spiro atoms. The third-order valence-electron chi connectivity index (χ3n) is 6.91. The Morgan fingerprint density at radius 3 is 1.96 bits per heavy atom. The van der Waals surface area contributed by atoms with Crippen molar-refractivity contribution in [3.05, 3.63) is 29.8 Å². The second kappa shape index (κ2) is 8.92. The molecule has 1 N–H and O–H groups in total. The van der Waals surface area contributed by atoms with E-state index >= 15 is 0 Å². The summed E-state index contributed by atoms with van der Waals surface area (Å²) in [6, 6.07) is 7.95. The van der Waals surface area contributed by atoms with Gasteiger partial charge in [-0.3, -0.25) is 0 Å². The molecular formula is C23H36O. The fourth-order valence-corrected chi connectivity index (χ4v) is 5.30. The van der Waals surface area contributed by atoms with Crippen LogP contribution in [0.2, 0.25) is 0 Å². The summed E-state index contributed by atoms with van der Waals surface area (Å²) in [5.74, 6) is 4.18. The zero-order valence-corrected chi connectivity index (χ0v) is 15.6. The van der Waals surface area contributed by atoms with Crippen molar-refractivity contribution in [3.63, 3.8) is 0 Å². The fraction of sp³-hybridized carbons (Fsp3) is 0.739. The molecule has 1 aromatic carbocycles. The van der Waals surface area contributed by atoms with Gasteiger partial charge in [0.2, 0.25) is 0 Å². The van der Waals surface area contributed by atoms with Crippen LogP contribution in [0.15, 0.2) is 24.3 Å². The van der Waals surface area contributed by atoms with Gasteiger partial charge in [0.15, 0.2) is 0 Å². The number of phenolic OH excluding ortho intramolecular Hbond substituents is 1. The number of aromatic hydroxyl groups is 1. The molecule has 24 heavy (non-hydrogen) atoms. The maximum absolute atomic E-state index is 9.46. The molecule has 0 aliphatic heterocycles. The molecule has 2 aliphatic carbocycles. The molecule has 1 heteroatoms. The van der Waals surface area contributed by atoms with Crippen molar-refractivity contribution in [1.29, 1.82) is 0 Å². The predicted molar refractivity (Wildman–Crippen MR) is 102 cm³/mol. The molecule has 0 unspecified atom stereocenters. The molecule has 2 fully saturated rings. The van der Waals surface area contributed by atoms with Crippen molar-refractivity contribution in [3.8, 4) is 5.75 Å². The standard InChI is InChI=1S/C23H36O/c1-2-3-4-5-18-6-8-19(9-7-18)20-10-12-21(13-11-20)22-14-16-23(24)17-15-22/h14-21,24H,2-13H2,1H3/t18-,19-,20-,21-. The van der Waals surface area contributed by atoms with E-state index in [1.165, 1.54) is 82.6 Å². The third-order valence-corrected chi connectivity index (χ3v) is 6.91. The van der Waals surface area contributed by atoms with Crippen LogP contribution in [-0.4, -0.2) is 5.11 Å². The minimum atomic E-state index is 0.392. The van der Waals surface area contributed by atoms with Gasteiger partial charge in [-0.25, -0.2) is 0 Å². The van der Waals surface area contributed by atoms with Gasteiger partial charge in [-0.2, -0.15) is 0 Å². The van der Waals surface area contributed by atoms with Crippen LogP contribution in [0.1, 0.15) is 95.5 Å². The Bertz CT molecular complexity index is 461. The van der Waals surface area contributed by atoms with E-state index in [2.05, 4.69) is 19.1 Å². The lowest BCUT2D eigenvalue weighted by Crippen LogP contribution is -2.25. The second-order valence-corrected chi connectivity index (χ2v) is 8.48. The summed E-state index contributed by atoms with van der Waals surface area (Å²) in [4.78, 5) is 0. The molecule has 0 amide bonds. The predicted octanol–water partition coefficient (Wildman–Crippen LogP) is 7.05. The Hall–Kier alpha value is -0.980. The number of phenols is 1. The van der Waals surface area contributed by atoms with Gasteiger partial charge < -0.3 is 5.11 Å². The molecular weight excluding hydrogens is 292 g/mol. The molecule has 2 aliphatic rings. The van der Waals surface area contributed by atoms with Crippen LogP contribution >= 0.6 is 0 Å². The zero-order chi connectivity index (χ0) is 16.8. The molecule has 3 rings (SSSR count). The quantitative estimate of drug-likeness (QED) is 0.554. The summed E-state index contributed by atoms with van der Waals surface area (Å²) < 4.78 is 0. The van der Waals surface area contributed by atoms with E-state index in [0.29, 0.717) is 5.75 Å². The molecule has 0 aromatic heterocycles. The van der Waals surface area contributed by atoms with E-state index in [1.807, 2.05) is 12.1 Å². The van der Waals surface area contributed by atoms with Crippen LogP contribution in [0.4, 0.5) is 0 Å². The number of rotatable bonds is 6. The maximum atomic E-state index is 9.46. The summed E-state index contributed by atoms with van der Waals surface area (Å²) in [6.45, 7) is 2.31. The first-order chi connectivity index (χ1) is 11.8. The number of hydrogen-bond donors (Lipinski definition) is 1. The van der Waals surface area contributed by atoms with E-state index in [9.17, 15) is 5.11 Å². The molecule has 134 valence electrons. The average molecular weight is 329 g/mol. The first kappa shape index (κ1) is 17.8. The zero-order valence-electron chi connectivity index (χ0n) is 15.6. The largest absolute Gasteiger partial charge is 0.508 e. The molecule has 1 aromatic rings. The first-order valence-corrected chi connectivity index (χ1v) is 10.5. The van der Waals surface area contributed by atoms with E-state index < -0.39 is 0 Å². The lowest BCUT2D eigenvalue weighted by atomic mass is 9.68. The number of unbranched alkanes of at least 4 members (excludes halogenated alkanes) is 2. The third kappa shape index (κ3) is 4.77. The summed E-state index contributed by atoms with van der Waals surface area (Å²) in [7, 11) is 0. The lowest BCUT2D eigenvalue weighted by molar-refractivity contribution is 0.155. The van der Waals surface area contributed by atoms with Crippen molar-refractivity contribution in [2.75, 3.05) is 0 Å². The van der Waals surface area contributed by atoms with Crippen molar-refractivity contribution >= 4 is 0 Å². The summed E-state index contributed by atoms with van der Waals surface area (Å²) in [5, 5.41) is 9.46. The van der Waals surface area contributed by atoms with Crippen LogP contribution in [0.3, 0.4) is 0 Å². The van der Waals surface area contributed by atoms with Crippen LogP contribution < -0.4 is 0 Å². The van der Waals surface area contributed by atoms with Gasteiger partial charge in [-0.15, -0.1) is 0 Å². The average Bonchev–Trinajstić information content (AvgIpc) is 2.63. The van der Waals surface area contributed by atoms with Gasteiger partial charge in [0.1, 0.15) is 5.75 Å². The maximum Gasteiger partial charge on any atom is 0.115 e. The normalized spacial score (nSPS) is 31.0. The molecule has 0 atom stereocenters. The topological polar surface area (TPSA) is 20.2 Å². The molecule has 1 nitrogen and oxygen atoms in total. The van der Waals surface area contributed by atoms with Crippen molar-refractivity contribution < 1.29 is 5.11 Å². The van der Waals surface area contributed by atoms with E-state index in [1.54, 1.807) is 0 Å². The molecule has 0 saturated heterocycles. The van der Waals surface area contributed by atoms with Crippen molar-refractivity contribution in [2.45, 2.75) is 89.9 Å². The van der Waals surface area contributed by atoms with Gasteiger partial charge in [0.25, 0.3) is 0 Å². The molecule has 0 radical (unpaired) electrons. The fourth-order valence-electron chi connectivity index (χ4n) is 5.30.